The van der Waals surface area contributed by atoms with Crippen LogP contribution in [0.1, 0.15) is 29.2 Å². The molecule has 27 heavy (non-hydrogen) atoms. The Morgan fingerprint density at radius 3 is 2.22 bits per heavy atom. The van der Waals surface area contributed by atoms with E-state index in [1.165, 1.54) is 5.56 Å². The number of rotatable bonds is 5. The molecule has 1 saturated heterocycles. The lowest BCUT2D eigenvalue weighted by atomic mass is 10.1. The van der Waals surface area contributed by atoms with Gasteiger partial charge in [-0.1, -0.05) is 48.0 Å². The van der Waals surface area contributed by atoms with E-state index in [0.29, 0.717) is 18.0 Å². The Morgan fingerprint density at radius 1 is 1.00 bits per heavy atom. The van der Waals surface area contributed by atoms with Gasteiger partial charge in [-0.15, -0.1) is 0 Å². The van der Waals surface area contributed by atoms with E-state index >= 15 is 0 Å². The van der Waals surface area contributed by atoms with Crippen LogP contribution in [-0.4, -0.2) is 49.8 Å². The second-order valence-electron chi connectivity index (χ2n) is 7.71. The largest absolute Gasteiger partial charge is 0.298 e. The highest BCUT2D eigenvalue weighted by Crippen LogP contribution is 2.27. The molecule has 2 aromatic rings. The van der Waals surface area contributed by atoms with E-state index in [2.05, 4.69) is 36.1 Å². The predicted molar refractivity (Wildman–Crippen MR) is 111 cm³/mol. The van der Waals surface area contributed by atoms with Crippen LogP contribution in [0.4, 0.5) is 0 Å². The van der Waals surface area contributed by atoms with Gasteiger partial charge in [0.2, 0.25) is 10.0 Å². The fraction of sp³-hybridized carbons (Fsp3) is 0.455. The van der Waals surface area contributed by atoms with Gasteiger partial charge in [-0.3, -0.25) is 4.90 Å². The SMILES string of the molecule is Cc1cc(C)c(S(=O)(=O)N2CCN(CCc3ccccc3)C(C)C2)c(C)c1. The minimum Gasteiger partial charge on any atom is -0.298 e. The van der Waals surface area contributed by atoms with Gasteiger partial charge in [-0.25, -0.2) is 8.42 Å². The lowest BCUT2D eigenvalue weighted by molar-refractivity contribution is 0.130. The van der Waals surface area contributed by atoms with Gasteiger partial charge in [0.1, 0.15) is 0 Å². The number of hydrogen-bond acceptors (Lipinski definition) is 3. The summed E-state index contributed by atoms with van der Waals surface area (Å²) in [6.45, 7) is 10.8. The van der Waals surface area contributed by atoms with Gasteiger partial charge < -0.3 is 0 Å². The molecule has 0 N–H and O–H groups in total. The zero-order valence-corrected chi connectivity index (χ0v) is 17.6. The summed E-state index contributed by atoms with van der Waals surface area (Å²) in [7, 11) is -3.46. The first-order chi connectivity index (χ1) is 12.8. The Morgan fingerprint density at radius 2 is 1.63 bits per heavy atom. The Labute approximate surface area is 163 Å². The van der Waals surface area contributed by atoms with Crippen LogP contribution in [0, 0.1) is 20.8 Å². The minimum absolute atomic E-state index is 0.211. The summed E-state index contributed by atoms with van der Waals surface area (Å²) in [5.41, 5.74) is 4.10. The van der Waals surface area contributed by atoms with Crippen LogP contribution < -0.4 is 0 Å². The molecule has 0 spiro atoms. The van der Waals surface area contributed by atoms with Crippen molar-refractivity contribution >= 4 is 10.0 Å². The van der Waals surface area contributed by atoms with E-state index in [1.807, 2.05) is 39.0 Å². The molecule has 1 unspecified atom stereocenters. The summed E-state index contributed by atoms with van der Waals surface area (Å²) in [5.74, 6) is 0. The summed E-state index contributed by atoms with van der Waals surface area (Å²) in [4.78, 5) is 2.88. The van der Waals surface area contributed by atoms with Crippen LogP contribution in [0.3, 0.4) is 0 Å². The minimum atomic E-state index is -3.46. The zero-order valence-electron chi connectivity index (χ0n) is 16.8. The first-order valence-electron chi connectivity index (χ1n) is 9.65. The van der Waals surface area contributed by atoms with Crippen LogP contribution in [0.5, 0.6) is 0 Å². The molecule has 0 radical (unpaired) electrons. The molecule has 1 heterocycles. The van der Waals surface area contributed by atoms with E-state index < -0.39 is 10.0 Å². The van der Waals surface area contributed by atoms with Gasteiger partial charge >= 0.3 is 0 Å². The summed E-state index contributed by atoms with van der Waals surface area (Å²) < 4.78 is 28.2. The average molecular weight is 387 g/mol. The quantitative estimate of drug-likeness (QED) is 0.789. The predicted octanol–water partition coefficient (Wildman–Crippen LogP) is 3.55. The fourth-order valence-electron chi connectivity index (χ4n) is 4.13. The van der Waals surface area contributed by atoms with Crippen LogP contribution in [0.25, 0.3) is 0 Å². The molecule has 0 amide bonds. The van der Waals surface area contributed by atoms with Gasteiger partial charge in [0, 0.05) is 32.2 Å². The Kier molecular flexibility index (Phi) is 6.04. The molecule has 3 rings (SSSR count). The molecular formula is C22H30N2O2S. The maximum atomic E-state index is 13.3. The number of aryl methyl sites for hydroxylation is 3. The summed E-state index contributed by atoms with van der Waals surface area (Å²) in [6.07, 6.45) is 0.994. The van der Waals surface area contributed by atoms with Gasteiger partial charge in [-0.2, -0.15) is 4.31 Å². The Balaban J connectivity index is 1.70. The van der Waals surface area contributed by atoms with Gasteiger partial charge in [0.15, 0.2) is 0 Å². The smallest absolute Gasteiger partial charge is 0.243 e. The number of nitrogens with zero attached hydrogens (tertiary/aromatic N) is 2. The first-order valence-corrected chi connectivity index (χ1v) is 11.1. The third-order valence-electron chi connectivity index (χ3n) is 5.46. The third-order valence-corrected chi connectivity index (χ3v) is 7.63. The molecule has 4 nitrogen and oxygen atoms in total. The molecule has 0 aromatic heterocycles. The second kappa shape index (κ2) is 8.13. The fourth-order valence-corrected chi connectivity index (χ4v) is 6.06. The number of hydrogen-bond donors (Lipinski definition) is 0. The van der Waals surface area contributed by atoms with E-state index in [9.17, 15) is 8.42 Å². The monoisotopic (exact) mass is 386 g/mol. The van der Waals surface area contributed by atoms with Crippen molar-refractivity contribution < 1.29 is 8.42 Å². The number of sulfonamides is 1. The van der Waals surface area contributed by atoms with Gasteiger partial charge in [0.05, 0.1) is 4.90 Å². The highest BCUT2D eigenvalue weighted by molar-refractivity contribution is 7.89. The number of piperazine rings is 1. The number of benzene rings is 2. The van der Waals surface area contributed by atoms with Crippen LogP contribution in [-0.2, 0) is 16.4 Å². The highest BCUT2D eigenvalue weighted by Gasteiger charge is 2.33. The average Bonchev–Trinajstić information content (AvgIpc) is 2.60. The third kappa shape index (κ3) is 4.42. The van der Waals surface area contributed by atoms with E-state index in [-0.39, 0.29) is 6.04 Å². The van der Waals surface area contributed by atoms with Crippen molar-refractivity contribution in [2.24, 2.45) is 0 Å². The molecule has 5 heteroatoms. The standard InChI is InChI=1S/C22H30N2O2S/c1-17-14-18(2)22(19(3)15-17)27(25,26)24-13-12-23(20(4)16-24)11-10-21-8-6-5-7-9-21/h5-9,14-15,20H,10-13,16H2,1-4H3. The molecule has 0 aliphatic carbocycles. The van der Waals surface area contributed by atoms with E-state index in [0.717, 1.165) is 36.2 Å². The van der Waals surface area contributed by atoms with Gasteiger partial charge in [0.25, 0.3) is 0 Å². The van der Waals surface area contributed by atoms with E-state index in [1.54, 1.807) is 4.31 Å². The molecule has 1 atom stereocenters. The maximum Gasteiger partial charge on any atom is 0.243 e. The van der Waals surface area contributed by atoms with E-state index in [4.69, 9.17) is 0 Å². The molecule has 1 fully saturated rings. The second-order valence-corrected chi connectivity index (χ2v) is 9.59. The van der Waals surface area contributed by atoms with Crippen molar-refractivity contribution in [2.75, 3.05) is 26.2 Å². The normalized spacial score (nSPS) is 19.3. The van der Waals surface area contributed by atoms with Crippen molar-refractivity contribution in [1.82, 2.24) is 9.21 Å². The Bertz CT molecular complexity index is 871. The molecular weight excluding hydrogens is 356 g/mol. The molecule has 1 aliphatic heterocycles. The topological polar surface area (TPSA) is 40.6 Å². The van der Waals surface area contributed by atoms with Crippen molar-refractivity contribution in [3.8, 4) is 0 Å². The molecule has 2 aromatic carbocycles. The summed E-state index contributed by atoms with van der Waals surface area (Å²) >= 11 is 0. The zero-order chi connectivity index (χ0) is 19.6. The lowest BCUT2D eigenvalue weighted by Gasteiger charge is -2.39. The summed E-state index contributed by atoms with van der Waals surface area (Å²) in [6, 6.07) is 14.6. The van der Waals surface area contributed by atoms with Crippen LogP contribution in [0.15, 0.2) is 47.4 Å². The van der Waals surface area contributed by atoms with Crippen molar-refractivity contribution in [3.63, 3.8) is 0 Å². The van der Waals surface area contributed by atoms with Crippen LogP contribution in [0.2, 0.25) is 0 Å². The Hall–Kier alpha value is -1.69. The summed E-state index contributed by atoms with van der Waals surface area (Å²) in [5, 5.41) is 0. The lowest BCUT2D eigenvalue weighted by Crippen LogP contribution is -2.54. The van der Waals surface area contributed by atoms with Crippen molar-refractivity contribution in [1.29, 1.82) is 0 Å². The highest BCUT2D eigenvalue weighted by atomic mass is 32.2. The maximum absolute atomic E-state index is 13.3. The molecule has 146 valence electrons. The molecule has 0 bridgehead atoms. The first kappa shape index (κ1) is 20.1. The molecule has 1 aliphatic rings. The van der Waals surface area contributed by atoms with Crippen LogP contribution >= 0.6 is 0 Å². The van der Waals surface area contributed by atoms with Crippen molar-refractivity contribution in [3.05, 3.63) is 64.7 Å². The van der Waals surface area contributed by atoms with Gasteiger partial charge in [-0.05, 0) is 50.8 Å². The molecule has 0 saturated carbocycles. The van der Waals surface area contributed by atoms with Crippen molar-refractivity contribution in [2.45, 2.75) is 45.1 Å².